The van der Waals surface area contributed by atoms with Crippen LogP contribution in [-0.2, 0) is 5.75 Å². The van der Waals surface area contributed by atoms with E-state index in [-0.39, 0.29) is 17.0 Å². The van der Waals surface area contributed by atoms with Gasteiger partial charge in [-0.2, -0.15) is 0 Å². The zero-order chi connectivity index (χ0) is 18.8. The van der Waals surface area contributed by atoms with Crippen molar-refractivity contribution in [2.24, 2.45) is 0 Å². The van der Waals surface area contributed by atoms with Crippen molar-refractivity contribution in [2.45, 2.75) is 10.6 Å². The summed E-state index contributed by atoms with van der Waals surface area (Å²) < 4.78 is 5.86. The number of fused-ring (bicyclic) bond motifs is 2. The van der Waals surface area contributed by atoms with Crippen molar-refractivity contribution in [3.05, 3.63) is 88.0 Å². The number of anilines is 1. The molecule has 6 nitrogen and oxygen atoms in total. The molecule has 0 aliphatic carbocycles. The van der Waals surface area contributed by atoms with E-state index in [1.165, 1.54) is 17.8 Å². The lowest BCUT2D eigenvalue weighted by molar-refractivity contribution is -0.385. The van der Waals surface area contributed by atoms with Gasteiger partial charge in [0, 0.05) is 16.7 Å². The summed E-state index contributed by atoms with van der Waals surface area (Å²) in [5, 5.41) is 14.3. The molecule has 3 aromatic carbocycles. The smallest absolute Gasteiger partial charge is 0.287 e. The van der Waals surface area contributed by atoms with Crippen molar-refractivity contribution in [2.75, 3.05) is 5.32 Å². The van der Waals surface area contributed by atoms with Gasteiger partial charge in [-0.15, -0.1) is 11.8 Å². The second-order valence-corrected chi connectivity index (χ2v) is 6.95. The van der Waals surface area contributed by atoms with Gasteiger partial charge in [-0.3, -0.25) is 14.9 Å². The summed E-state index contributed by atoms with van der Waals surface area (Å²) in [7, 11) is 0. The maximum atomic E-state index is 12.6. The molecule has 134 valence electrons. The minimum atomic E-state index is -0.554. The lowest BCUT2D eigenvalue weighted by atomic mass is 10.1. The van der Waals surface area contributed by atoms with Crippen LogP contribution in [0.4, 0.5) is 11.4 Å². The molecule has 0 unspecified atom stereocenters. The molecule has 0 saturated carbocycles. The molecular weight excluding hydrogens is 364 g/mol. The molecule has 1 heterocycles. The van der Waals surface area contributed by atoms with Gasteiger partial charge in [-0.25, -0.2) is 0 Å². The molecular formula is C20H14N2O4S. The molecule has 1 aliphatic heterocycles. The van der Waals surface area contributed by atoms with Crippen molar-refractivity contribution in [1.82, 2.24) is 0 Å². The van der Waals surface area contributed by atoms with E-state index in [4.69, 9.17) is 4.74 Å². The van der Waals surface area contributed by atoms with Crippen LogP contribution >= 0.6 is 11.8 Å². The van der Waals surface area contributed by atoms with Crippen LogP contribution in [0.15, 0.2) is 71.6 Å². The first-order chi connectivity index (χ1) is 13.1. The lowest BCUT2D eigenvalue weighted by Gasteiger charge is -2.10. The third kappa shape index (κ3) is 3.50. The summed E-state index contributed by atoms with van der Waals surface area (Å²) in [6, 6.07) is 19.8. The van der Waals surface area contributed by atoms with Crippen LogP contribution in [0.2, 0.25) is 0 Å². The number of nitro groups is 1. The highest BCUT2D eigenvalue weighted by Gasteiger charge is 2.30. The second-order valence-electron chi connectivity index (χ2n) is 5.90. The number of nitro benzene ring substituents is 1. The van der Waals surface area contributed by atoms with Gasteiger partial charge in [-0.05, 0) is 23.8 Å². The molecule has 1 amide bonds. The Morgan fingerprint density at radius 1 is 1.00 bits per heavy atom. The topological polar surface area (TPSA) is 81.5 Å². The third-order valence-electron chi connectivity index (χ3n) is 4.08. The molecule has 0 atom stereocenters. The summed E-state index contributed by atoms with van der Waals surface area (Å²) in [5.74, 6) is 0.729. The molecule has 0 saturated heterocycles. The second kappa shape index (κ2) is 7.13. The molecule has 1 N–H and O–H groups in total. The highest BCUT2D eigenvalue weighted by Crippen LogP contribution is 2.42. The van der Waals surface area contributed by atoms with Crippen molar-refractivity contribution in [3.8, 4) is 11.5 Å². The highest BCUT2D eigenvalue weighted by atomic mass is 32.2. The monoisotopic (exact) mass is 378 g/mol. The minimum absolute atomic E-state index is 0.0692. The molecule has 0 bridgehead atoms. The number of benzene rings is 3. The maximum absolute atomic E-state index is 12.6. The number of hydrogen-bond acceptors (Lipinski definition) is 5. The molecule has 0 spiro atoms. The van der Waals surface area contributed by atoms with Crippen LogP contribution < -0.4 is 10.1 Å². The van der Waals surface area contributed by atoms with E-state index in [2.05, 4.69) is 5.32 Å². The largest absolute Gasteiger partial charge is 0.454 e. The van der Waals surface area contributed by atoms with Crippen LogP contribution in [0, 0.1) is 10.1 Å². The van der Waals surface area contributed by atoms with E-state index >= 15 is 0 Å². The number of para-hydroxylation sites is 2. The van der Waals surface area contributed by atoms with Crippen LogP contribution in [-0.4, -0.2) is 10.8 Å². The van der Waals surface area contributed by atoms with E-state index in [1.807, 2.05) is 30.3 Å². The summed E-state index contributed by atoms with van der Waals surface area (Å²) in [4.78, 5) is 24.3. The number of rotatable bonds is 4. The Kier molecular flexibility index (Phi) is 4.52. The van der Waals surface area contributed by atoms with Crippen molar-refractivity contribution in [1.29, 1.82) is 0 Å². The maximum Gasteiger partial charge on any atom is 0.287 e. The van der Waals surface area contributed by atoms with E-state index in [0.717, 1.165) is 5.56 Å². The van der Waals surface area contributed by atoms with Gasteiger partial charge in [0.05, 0.1) is 10.6 Å². The first-order valence-corrected chi connectivity index (χ1v) is 9.18. The number of carbonyl (C=O) groups is 1. The zero-order valence-electron chi connectivity index (χ0n) is 14.0. The van der Waals surface area contributed by atoms with Crippen molar-refractivity contribution in [3.63, 3.8) is 0 Å². The molecule has 4 rings (SSSR count). The van der Waals surface area contributed by atoms with E-state index in [1.54, 1.807) is 30.3 Å². The number of amides is 1. The predicted octanol–water partition coefficient (Wildman–Crippen LogP) is 5.25. The standard InChI is InChI=1S/C20H14N2O4S/c23-20-19-16(22(24)25)10-14(27-12-13-6-2-1-3-7-13)11-18(19)26-17-9-5-4-8-15(17)21-20/h1-11H,12H2,(H,21,23). The Morgan fingerprint density at radius 2 is 1.74 bits per heavy atom. The molecule has 0 aromatic heterocycles. The molecule has 27 heavy (non-hydrogen) atoms. The fourth-order valence-electron chi connectivity index (χ4n) is 2.82. The van der Waals surface area contributed by atoms with Gasteiger partial charge in [0.25, 0.3) is 11.6 Å². The molecule has 0 fully saturated rings. The SMILES string of the molecule is O=C1Nc2ccccc2Oc2cc(SCc3ccccc3)cc([N+](=O)[O-])c21. The van der Waals surface area contributed by atoms with Crippen LogP contribution in [0.1, 0.15) is 15.9 Å². The Morgan fingerprint density at radius 3 is 2.52 bits per heavy atom. The number of ether oxygens (including phenoxy) is 1. The average Bonchev–Trinajstić information content (AvgIpc) is 2.82. The fourth-order valence-corrected chi connectivity index (χ4v) is 3.73. The number of nitrogens with zero attached hydrogens (tertiary/aromatic N) is 1. The van der Waals surface area contributed by atoms with Gasteiger partial charge in [-0.1, -0.05) is 42.5 Å². The number of thioether (sulfide) groups is 1. The first kappa shape index (κ1) is 17.1. The van der Waals surface area contributed by atoms with Crippen LogP contribution in [0.3, 0.4) is 0 Å². The zero-order valence-corrected chi connectivity index (χ0v) is 14.9. The predicted molar refractivity (Wildman–Crippen MR) is 104 cm³/mol. The lowest BCUT2D eigenvalue weighted by Crippen LogP contribution is -2.13. The van der Waals surface area contributed by atoms with Crippen LogP contribution in [0.5, 0.6) is 11.5 Å². The quantitative estimate of drug-likeness (QED) is 0.381. The van der Waals surface area contributed by atoms with Gasteiger partial charge in [0.2, 0.25) is 0 Å². The normalized spacial score (nSPS) is 12.2. The summed E-state index contributed by atoms with van der Waals surface area (Å²) in [6.07, 6.45) is 0. The van der Waals surface area contributed by atoms with E-state index in [0.29, 0.717) is 22.1 Å². The van der Waals surface area contributed by atoms with Gasteiger partial charge < -0.3 is 10.1 Å². The Labute approximate surface area is 159 Å². The van der Waals surface area contributed by atoms with E-state index in [9.17, 15) is 14.9 Å². The summed E-state index contributed by atoms with van der Waals surface area (Å²) >= 11 is 1.45. The first-order valence-electron chi connectivity index (χ1n) is 8.19. The average molecular weight is 378 g/mol. The minimum Gasteiger partial charge on any atom is -0.454 e. The molecule has 1 aliphatic rings. The van der Waals surface area contributed by atoms with Crippen molar-refractivity contribution < 1.29 is 14.5 Å². The number of nitrogens with one attached hydrogen (secondary N) is 1. The van der Waals surface area contributed by atoms with Crippen molar-refractivity contribution >= 4 is 29.0 Å². The van der Waals surface area contributed by atoms with E-state index < -0.39 is 10.8 Å². The van der Waals surface area contributed by atoms with Gasteiger partial charge >= 0.3 is 0 Å². The summed E-state index contributed by atoms with van der Waals surface area (Å²) in [5.41, 5.74) is 1.24. The number of hydrogen-bond donors (Lipinski definition) is 1. The van der Waals surface area contributed by atoms with Gasteiger partial charge in [0.1, 0.15) is 5.75 Å². The highest BCUT2D eigenvalue weighted by molar-refractivity contribution is 7.98. The number of carbonyl (C=O) groups excluding carboxylic acids is 1. The van der Waals surface area contributed by atoms with Crippen LogP contribution in [0.25, 0.3) is 0 Å². The van der Waals surface area contributed by atoms with Gasteiger partial charge in [0.15, 0.2) is 11.3 Å². The Bertz CT molecular complexity index is 1040. The molecule has 3 aromatic rings. The molecule has 7 heteroatoms. The fraction of sp³-hybridized carbons (Fsp3) is 0.0500. The Hall–Kier alpha value is -3.32. The summed E-state index contributed by atoms with van der Waals surface area (Å²) in [6.45, 7) is 0. The molecule has 0 radical (unpaired) electrons. The Balaban J connectivity index is 1.74. The third-order valence-corrected chi connectivity index (χ3v) is 5.13.